The summed E-state index contributed by atoms with van der Waals surface area (Å²) in [6, 6.07) is 14.5. The van der Waals surface area contributed by atoms with Gasteiger partial charge in [-0.25, -0.2) is 4.79 Å². The van der Waals surface area contributed by atoms with E-state index in [1.54, 1.807) is 31.4 Å². The van der Waals surface area contributed by atoms with Crippen LogP contribution in [0, 0.1) is 0 Å². The second-order valence-corrected chi connectivity index (χ2v) is 7.62. The summed E-state index contributed by atoms with van der Waals surface area (Å²) in [5.74, 6) is 0.713. The fourth-order valence-electron chi connectivity index (χ4n) is 3.26. The molecule has 0 amide bonds. The van der Waals surface area contributed by atoms with Crippen LogP contribution in [0.4, 0.5) is 0 Å². The van der Waals surface area contributed by atoms with Crippen LogP contribution in [0.3, 0.4) is 0 Å². The van der Waals surface area contributed by atoms with E-state index in [1.165, 1.54) is 9.13 Å². The van der Waals surface area contributed by atoms with Gasteiger partial charge in [-0.2, -0.15) is 4.98 Å². The number of para-hydroxylation sites is 1. The maximum absolute atomic E-state index is 13.1. The van der Waals surface area contributed by atoms with E-state index in [0.717, 1.165) is 10.0 Å². The predicted molar refractivity (Wildman–Crippen MR) is 115 cm³/mol. The van der Waals surface area contributed by atoms with Crippen LogP contribution in [0.5, 0.6) is 0 Å². The number of ether oxygens (including phenoxy) is 1. The number of rotatable bonds is 7. The monoisotopic (exact) mass is 470 g/mol. The SMILES string of the molecule is COCCCn1c(=O)c2ccccc2n(Cc2nc(-c3ccc(Br)cc3)no2)c1=O. The molecule has 0 radical (unpaired) electrons. The average molecular weight is 471 g/mol. The lowest BCUT2D eigenvalue weighted by atomic mass is 10.2. The molecule has 154 valence electrons. The molecule has 4 rings (SSSR count). The molecule has 30 heavy (non-hydrogen) atoms. The Morgan fingerprint density at radius 3 is 2.60 bits per heavy atom. The smallest absolute Gasteiger partial charge is 0.331 e. The molecule has 4 aromatic rings. The minimum atomic E-state index is -0.418. The van der Waals surface area contributed by atoms with Crippen LogP contribution in [-0.4, -0.2) is 33.0 Å². The van der Waals surface area contributed by atoms with Gasteiger partial charge in [-0.3, -0.25) is 13.9 Å². The van der Waals surface area contributed by atoms with Crippen LogP contribution in [0.2, 0.25) is 0 Å². The van der Waals surface area contributed by atoms with Gasteiger partial charge in [-0.1, -0.05) is 33.2 Å². The zero-order chi connectivity index (χ0) is 21.1. The Hall–Kier alpha value is -3.04. The van der Waals surface area contributed by atoms with Gasteiger partial charge in [0.1, 0.15) is 6.54 Å². The molecule has 0 aliphatic carbocycles. The second kappa shape index (κ2) is 8.76. The van der Waals surface area contributed by atoms with Crippen molar-refractivity contribution in [1.82, 2.24) is 19.3 Å². The van der Waals surface area contributed by atoms with Gasteiger partial charge in [0.15, 0.2) is 0 Å². The van der Waals surface area contributed by atoms with Gasteiger partial charge in [0.25, 0.3) is 5.56 Å². The number of hydrogen-bond acceptors (Lipinski definition) is 6. The highest BCUT2D eigenvalue weighted by Crippen LogP contribution is 2.19. The largest absolute Gasteiger partial charge is 0.385 e. The zero-order valence-corrected chi connectivity index (χ0v) is 17.8. The highest BCUT2D eigenvalue weighted by atomic mass is 79.9. The Morgan fingerprint density at radius 2 is 1.83 bits per heavy atom. The number of hydrogen-bond donors (Lipinski definition) is 0. The van der Waals surface area contributed by atoms with E-state index in [-0.39, 0.29) is 24.5 Å². The molecule has 0 N–H and O–H groups in total. The summed E-state index contributed by atoms with van der Waals surface area (Å²) in [7, 11) is 1.58. The Bertz CT molecular complexity index is 1290. The molecule has 8 nitrogen and oxygen atoms in total. The Kier molecular flexibility index (Phi) is 5.91. The molecule has 0 bridgehead atoms. The van der Waals surface area contributed by atoms with E-state index < -0.39 is 5.69 Å². The number of fused-ring (bicyclic) bond motifs is 1. The van der Waals surface area contributed by atoms with E-state index in [4.69, 9.17) is 9.26 Å². The van der Waals surface area contributed by atoms with Gasteiger partial charge in [-0.05, 0) is 42.8 Å². The first-order valence-electron chi connectivity index (χ1n) is 9.38. The summed E-state index contributed by atoms with van der Waals surface area (Å²) in [4.78, 5) is 30.3. The molecule has 0 saturated heterocycles. The fraction of sp³-hybridized carbons (Fsp3) is 0.238. The lowest BCUT2D eigenvalue weighted by molar-refractivity contribution is 0.189. The van der Waals surface area contributed by atoms with Crippen molar-refractivity contribution in [3.8, 4) is 11.4 Å². The molecule has 9 heteroatoms. The average Bonchev–Trinajstić information content (AvgIpc) is 3.23. The highest BCUT2D eigenvalue weighted by molar-refractivity contribution is 9.10. The summed E-state index contributed by atoms with van der Waals surface area (Å²) in [5.41, 5.74) is 0.594. The molecule has 0 spiro atoms. The minimum Gasteiger partial charge on any atom is -0.385 e. The Labute approximate surface area is 179 Å². The standard InChI is InChI=1S/C21H19BrN4O4/c1-29-12-4-11-25-20(27)16-5-2-3-6-17(16)26(21(25)28)13-18-23-19(24-30-18)14-7-9-15(22)10-8-14/h2-3,5-10H,4,11-13H2,1H3. The van der Waals surface area contributed by atoms with Gasteiger partial charge in [0.2, 0.25) is 11.7 Å². The van der Waals surface area contributed by atoms with Gasteiger partial charge < -0.3 is 9.26 Å². The number of aromatic nitrogens is 4. The van der Waals surface area contributed by atoms with Crippen LogP contribution in [0.25, 0.3) is 22.3 Å². The van der Waals surface area contributed by atoms with Crippen molar-refractivity contribution in [1.29, 1.82) is 0 Å². The number of halogens is 1. The topological polar surface area (TPSA) is 92.2 Å². The lowest BCUT2D eigenvalue weighted by Crippen LogP contribution is -2.40. The molecule has 0 saturated carbocycles. The Morgan fingerprint density at radius 1 is 1.07 bits per heavy atom. The van der Waals surface area contributed by atoms with Crippen LogP contribution in [-0.2, 0) is 17.8 Å². The molecule has 2 aromatic heterocycles. The third-order valence-corrected chi connectivity index (χ3v) is 5.25. The van der Waals surface area contributed by atoms with Gasteiger partial charge in [0, 0.05) is 30.3 Å². The number of methoxy groups -OCH3 is 1. The summed E-state index contributed by atoms with van der Waals surface area (Å²) in [6.07, 6.45) is 0.554. The minimum absolute atomic E-state index is 0.0629. The van der Waals surface area contributed by atoms with Gasteiger partial charge >= 0.3 is 5.69 Å². The first-order valence-corrected chi connectivity index (χ1v) is 10.2. The number of benzene rings is 2. The van der Waals surface area contributed by atoms with Crippen molar-refractivity contribution >= 4 is 26.8 Å². The summed E-state index contributed by atoms with van der Waals surface area (Å²) < 4.78 is 14.1. The summed E-state index contributed by atoms with van der Waals surface area (Å²) >= 11 is 3.40. The van der Waals surface area contributed by atoms with E-state index in [2.05, 4.69) is 26.1 Å². The predicted octanol–water partition coefficient (Wildman–Crippen LogP) is 3.06. The van der Waals surface area contributed by atoms with Crippen LogP contribution in [0.1, 0.15) is 12.3 Å². The maximum Gasteiger partial charge on any atom is 0.331 e. The molecule has 2 heterocycles. The maximum atomic E-state index is 13.1. The first kappa shape index (κ1) is 20.2. The van der Waals surface area contributed by atoms with E-state index in [0.29, 0.717) is 29.8 Å². The molecule has 0 atom stereocenters. The van der Waals surface area contributed by atoms with E-state index in [9.17, 15) is 9.59 Å². The molecule has 0 fully saturated rings. The molecular weight excluding hydrogens is 452 g/mol. The lowest BCUT2D eigenvalue weighted by Gasteiger charge is -2.12. The summed E-state index contributed by atoms with van der Waals surface area (Å²) in [6.45, 7) is 0.788. The van der Waals surface area contributed by atoms with Crippen LogP contribution >= 0.6 is 15.9 Å². The molecule has 2 aromatic carbocycles. The van der Waals surface area contributed by atoms with E-state index in [1.807, 2.05) is 24.3 Å². The van der Waals surface area contributed by atoms with Crippen molar-refractivity contribution in [3.05, 3.63) is 79.7 Å². The van der Waals surface area contributed by atoms with Crippen LogP contribution < -0.4 is 11.2 Å². The normalized spacial score (nSPS) is 11.3. The van der Waals surface area contributed by atoms with Gasteiger partial charge in [0.05, 0.1) is 10.9 Å². The first-order chi connectivity index (χ1) is 14.6. The molecule has 0 unspecified atom stereocenters. The van der Waals surface area contributed by atoms with Crippen LogP contribution in [0.15, 0.2) is 67.1 Å². The highest BCUT2D eigenvalue weighted by Gasteiger charge is 2.16. The molecular formula is C21H19BrN4O4. The molecule has 0 aliphatic rings. The van der Waals surface area contributed by atoms with Crippen molar-refractivity contribution in [2.45, 2.75) is 19.5 Å². The van der Waals surface area contributed by atoms with Crippen molar-refractivity contribution in [3.63, 3.8) is 0 Å². The van der Waals surface area contributed by atoms with Gasteiger partial charge in [-0.15, -0.1) is 0 Å². The third-order valence-electron chi connectivity index (χ3n) is 4.73. The summed E-state index contributed by atoms with van der Waals surface area (Å²) in [5, 5.41) is 4.48. The fourth-order valence-corrected chi connectivity index (χ4v) is 3.52. The quantitative estimate of drug-likeness (QED) is 0.385. The number of nitrogens with zero attached hydrogens (tertiary/aromatic N) is 4. The zero-order valence-electron chi connectivity index (χ0n) is 16.2. The third kappa shape index (κ3) is 3.99. The Balaban J connectivity index is 1.74. The second-order valence-electron chi connectivity index (χ2n) is 6.71. The van der Waals surface area contributed by atoms with Crippen molar-refractivity contribution in [2.24, 2.45) is 0 Å². The van der Waals surface area contributed by atoms with Crippen molar-refractivity contribution < 1.29 is 9.26 Å². The molecule has 0 aliphatic heterocycles. The van der Waals surface area contributed by atoms with E-state index >= 15 is 0 Å². The van der Waals surface area contributed by atoms with Crippen molar-refractivity contribution in [2.75, 3.05) is 13.7 Å².